The molecule has 1 saturated carbocycles. The van der Waals surface area contributed by atoms with Gasteiger partial charge in [-0.25, -0.2) is 0 Å². The molecule has 1 fully saturated rings. The molecule has 0 aliphatic heterocycles. The number of nitrogens with zero attached hydrogens (tertiary/aromatic N) is 3. The molecule has 0 saturated heterocycles. The molecule has 0 N–H and O–H groups in total. The van der Waals surface area contributed by atoms with Crippen LogP contribution in [0.25, 0.3) is 55.6 Å². The van der Waals surface area contributed by atoms with Crippen LogP contribution in [-0.2, 0) is 25.5 Å². The molecule has 5 heteroatoms. The van der Waals surface area contributed by atoms with Crippen LogP contribution >= 0.6 is 0 Å². The van der Waals surface area contributed by atoms with E-state index < -0.39 is 0 Å². The number of pyridine rings is 2. The molecule has 0 atom stereocenters. The molecule has 1 aliphatic rings. The molecule has 7 aromatic rings. The Morgan fingerprint density at radius 2 is 1.53 bits per heavy atom. The molecule has 245 valence electrons. The largest absolute Gasteiger partial charge is 0.500 e. The summed E-state index contributed by atoms with van der Waals surface area (Å²) >= 11 is 0. The minimum absolute atomic E-state index is 0. The zero-order chi connectivity index (χ0) is 33.1. The fraction of sp³-hybridized carbons (Fsp3) is 0.205. The van der Waals surface area contributed by atoms with E-state index in [1.54, 1.807) is 6.20 Å². The number of nitriles is 1. The molecule has 8 rings (SSSR count). The van der Waals surface area contributed by atoms with Crippen molar-refractivity contribution in [2.75, 3.05) is 0 Å². The number of aromatic nitrogens is 2. The Balaban J connectivity index is 0.000000208. The van der Waals surface area contributed by atoms with Crippen LogP contribution < -0.4 is 0 Å². The molecule has 1 aliphatic carbocycles. The molecule has 0 spiro atoms. The minimum atomic E-state index is 0. The summed E-state index contributed by atoms with van der Waals surface area (Å²) in [6, 6.07) is 43.3. The summed E-state index contributed by atoms with van der Waals surface area (Å²) in [5.41, 5.74) is 10.5. The second kappa shape index (κ2) is 14.7. The standard InChI is InChI=1S/C29H21N2O.C15H16N.Ir/c30-18-22-15-16-24-23-8-5-9-25(26-10-3-4-17-31-26)28(23)32-29(24)27(22)21-13-11-20(12-14-21)19-6-1-2-7-19;1-15(2,3)13-9-10-14(16-11-13)12-7-5-4-6-8-12;/h3-5,8,10-17,19H,1-2,6-7H2;4-7,9-11H,1-3H3;/q2*-1;. The van der Waals surface area contributed by atoms with Gasteiger partial charge in [0, 0.05) is 43.4 Å². The third-order valence-corrected chi connectivity index (χ3v) is 9.28. The van der Waals surface area contributed by atoms with Crippen molar-refractivity contribution < 1.29 is 24.5 Å². The quantitative estimate of drug-likeness (QED) is 0.166. The van der Waals surface area contributed by atoms with Gasteiger partial charge in [0.05, 0.1) is 17.2 Å². The summed E-state index contributed by atoms with van der Waals surface area (Å²) < 4.78 is 6.47. The SMILES string of the molecule is CC(C)(C)c1ccc(-c2[c-]cccc2)nc1.N#Cc1ccc2c(oc3c(-c4ccccn4)[c-]ccc32)c1-c1ccc(C2CCCC2)cc1.[Ir]. The topological polar surface area (TPSA) is 62.7 Å². The Labute approximate surface area is 302 Å². The maximum absolute atomic E-state index is 9.87. The van der Waals surface area contributed by atoms with E-state index in [1.807, 2.05) is 72.9 Å². The van der Waals surface area contributed by atoms with Gasteiger partial charge in [0.1, 0.15) is 5.58 Å². The number of benzene rings is 4. The van der Waals surface area contributed by atoms with Gasteiger partial charge in [0.2, 0.25) is 0 Å². The van der Waals surface area contributed by atoms with Crippen LogP contribution in [0.4, 0.5) is 0 Å². The van der Waals surface area contributed by atoms with Gasteiger partial charge in [0.15, 0.2) is 0 Å². The number of hydrogen-bond acceptors (Lipinski definition) is 4. The molecule has 0 unspecified atom stereocenters. The zero-order valence-electron chi connectivity index (χ0n) is 28.0. The molecule has 49 heavy (non-hydrogen) atoms. The number of rotatable bonds is 4. The summed E-state index contributed by atoms with van der Waals surface area (Å²) in [4.78, 5) is 8.97. The van der Waals surface area contributed by atoms with E-state index in [0.29, 0.717) is 11.5 Å². The third kappa shape index (κ3) is 7.13. The molecule has 1 radical (unpaired) electrons. The van der Waals surface area contributed by atoms with E-state index >= 15 is 0 Å². The molecular formula is C44H37IrN3O-2. The van der Waals surface area contributed by atoms with Crippen LogP contribution in [0.2, 0.25) is 0 Å². The Hall–Kier alpha value is -4.88. The van der Waals surface area contributed by atoms with Crippen molar-refractivity contribution in [3.63, 3.8) is 0 Å². The Morgan fingerprint density at radius 1 is 0.755 bits per heavy atom. The van der Waals surface area contributed by atoms with E-state index in [-0.39, 0.29) is 25.5 Å². The molecular weight excluding hydrogens is 779 g/mol. The van der Waals surface area contributed by atoms with Crippen LogP contribution in [0.15, 0.2) is 120 Å². The first-order valence-corrected chi connectivity index (χ1v) is 16.7. The van der Waals surface area contributed by atoms with Crippen LogP contribution in [0.1, 0.15) is 69.1 Å². The molecule has 4 aromatic carbocycles. The summed E-state index contributed by atoms with van der Waals surface area (Å²) in [5, 5.41) is 11.9. The molecule has 4 nitrogen and oxygen atoms in total. The number of furan rings is 1. The Kier molecular flexibility index (Phi) is 10.2. The van der Waals surface area contributed by atoms with Crippen LogP contribution in [0.5, 0.6) is 0 Å². The maximum atomic E-state index is 9.87. The van der Waals surface area contributed by atoms with Crippen molar-refractivity contribution in [3.8, 4) is 39.7 Å². The van der Waals surface area contributed by atoms with Crippen molar-refractivity contribution >= 4 is 21.9 Å². The van der Waals surface area contributed by atoms with E-state index in [9.17, 15) is 5.26 Å². The molecule has 0 amide bonds. The average molecular weight is 816 g/mol. The summed E-state index contributed by atoms with van der Waals surface area (Å²) in [6.45, 7) is 6.58. The van der Waals surface area contributed by atoms with E-state index in [4.69, 9.17) is 4.42 Å². The van der Waals surface area contributed by atoms with Crippen molar-refractivity contribution in [3.05, 3.63) is 144 Å². The van der Waals surface area contributed by atoms with Gasteiger partial charge in [-0.1, -0.05) is 99.2 Å². The van der Waals surface area contributed by atoms with Gasteiger partial charge in [0.25, 0.3) is 0 Å². The van der Waals surface area contributed by atoms with Crippen molar-refractivity contribution in [1.82, 2.24) is 9.97 Å². The first kappa shape index (κ1) is 34.0. The fourth-order valence-corrected chi connectivity index (χ4v) is 6.62. The summed E-state index contributed by atoms with van der Waals surface area (Å²) in [7, 11) is 0. The van der Waals surface area contributed by atoms with Gasteiger partial charge >= 0.3 is 0 Å². The molecule has 3 aromatic heterocycles. The summed E-state index contributed by atoms with van der Waals surface area (Å²) in [5.74, 6) is 0.665. The van der Waals surface area contributed by atoms with Crippen LogP contribution in [0, 0.1) is 23.5 Å². The second-order valence-corrected chi connectivity index (χ2v) is 13.5. The van der Waals surface area contributed by atoms with E-state index in [2.05, 4.69) is 85.3 Å². The van der Waals surface area contributed by atoms with Crippen molar-refractivity contribution in [2.24, 2.45) is 0 Å². The molecule has 3 heterocycles. The summed E-state index contributed by atoms with van der Waals surface area (Å²) in [6.07, 6.45) is 8.91. The van der Waals surface area contributed by atoms with Gasteiger partial charge in [-0.05, 0) is 64.4 Å². The first-order chi connectivity index (χ1) is 23.4. The first-order valence-electron chi connectivity index (χ1n) is 16.7. The van der Waals surface area contributed by atoms with E-state index in [1.165, 1.54) is 36.8 Å². The van der Waals surface area contributed by atoms with Gasteiger partial charge in [-0.2, -0.15) is 5.26 Å². The monoisotopic (exact) mass is 816 g/mol. The van der Waals surface area contributed by atoms with Crippen molar-refractivity contribution in [1.29, 1.82) is 5.26 Å². The number of fused-ring (bicyclic) bond motifs is 3. The van der Waals surface area contributed by atoms with E-state index in [0.717, 1.165) is 55.6 Å². The maximum Gasteiger partial charge on any atom is 0.130 e. The fourth-order valence-electron chi connectivity index (χ4n) is 6.62. The number of hydrogen-bond donors (Lipinski definition) is 0. The minimum Gasteiger partial charge on any atom is -0.500 e. The van der Waals surface area contributed by atoms with Crippen LogP contribution in [0.3, 0.4) is 0 Å². The zero-order valence-corrected chi connectivity index (χ0v) is 30.4. The molecule has 0 bridgehead atoms. The average Bonchev–Trinajstić information content (AvgIpc) is 3.81. The Morgan fingerprint density at radius 3 is 2.18 bits per heavy atom. The van der Waals surface area contributed by atoms with Gasteiger partial charge < -0.3 is 14.4 Å². The third-order valence-electron chi connectivity index (χ3n) is 9.28. The predicted octanol–water partition coefficient (Wildman–Crippen LogP) is 11.5. The smallest absolute Gasteiger partial charge is 0.130 e. The van der Waals surface area contributed by atoms with Crippen molar-refractivity contribution in [2.45, 2.75) is 57.8 Å². The van der Waals surface area contributed by atoms with Gasteiger partial charge in [-0.3, -0.25) is 0 Å². The van der Waals surface area contributed by atoms with Crippen LogP contribution in [-0.4, -0.2) is 9.97 Å². The normalized spacial score (nSPS) is 13.0. The predicted molar refractivity (Wildman–Crippen MR) is 194 cm³/mol. The van der Waals surface area contributed by atoms with Gasteiger partial charge in [-0.15, -0.1) is 54.1 Å². The Bertz CT molecular complexity index is 2200. The second-order valence-electron chi connectivity index (χ2n) is 13.5.